The lowest BCUT2D eigenvalue weighted by Gasteiger charge is -2.02. The fraction of sp³-hybridized carbons (Fsp3) is 0.143. The van der Waals surface area contributed by atoms with Crippen LogP contribution in [0.4, 0.5) is 4.39 Å². The minimum Gasteiger partial charge on any atom is -0.481 e. The number of carboxylic acid groups (broad SMARTS) is 1. The fourth-order valence-corrected chi connectivity index (χ4v) is 3.18. The first kappa shape index (κ1) is 12.8. The molecule has 0 bridgehead atoms. The van der Waals surface area contributed by atoms with Gasteiger partial charge in [-0.05, 0) is 19.1 Å². The van der Waals surface area contributed by atoms with Crippen LogP contribution in [0, 0.1) is 12.7 Å². The molecule has 0 aliphatic heterocycles. The summed E-state index contributed by atoms with van der Waals surface area (Å²) in [5, 5.41) is 10.7. The van der Waals surface area contributed by atoms with Crippen molar-refractivity contribution in [3.8, 4) is 11.3 Å². The zero-order valence-electron chi connectivity index (χ0n) is 10.6. The van der Waals surface area contributed by atoms with E-state index in [-0.39, 0.29) is 12.2 Å². The van der Waals surface area contributed by atoms with Gasteiger partial charge in [-0.2, -0.15) is 0 Å². The molecule has 6 heteroatoms. The van der Waals surface area contributed by atoms with E-state index in [0.29, 0.717) is 21.9 Å². The van der Waals surface area contributed by atoms with E-state index in [1.54, 1.807) is 28.0 Å². The standard InChI is InChI=1S/C14H11FN2O2S/c1-8-13(10-4-2-3-5-11(10)15)16-14-17(8)9(7-20-14)6-12(18)19/h2-5,7H,6H2,1H3,(H,18,19). The van der Waals surface area contributed by atoms with Crippen LogP contribution in [0.25, 0.3) is 16.2 Å². The summed E-state index contributed by atoms with van der Waals surface area (Å²) in [7, 11) is 0. The fourth-order valence-electron chi connectivity index (χ4n) is 2.25. The molecule has 0 atom stereocenters. The lowest BCUT2D eigenvalue weighted by atomic mass is 10.1. The van der Waals surface area contributed by atoms with E-state index in [4.69, 9.17) is 5.11 Å². The Morgan fingerprint density at radius 2 is 2.20 bits per heavy atom. The number of halogens is 1. The molecule has 3 aromatic rings. The number of fused-ring (bicyclic) bond motifs is 1. The molecule has 0 spiro atoms. The maximum absolute atomic E-state index is 13.9. The van der Waals surface area contributed by atoms with Gasteiger partial charge in [0.2, 0.25) is 0 Å². The molecule has 0 aliphatic rings. The first-order valence-corrected chi connectivity index (χ1v) is 6.88. The van der Waals surface area contributed by atoms with Crippen molar-refractivity contribution < 1.29 is 14.3 Å². The number of aliphatic carboxylic acids is 1. The number of hydrogen-bond acceptors (Lipinski definition) is 3. The minimum absolute atomic E-state index is 0.0755. The lowest BCUT2D eigenvalue weighted by molar-refractivity contribution is -0.136. The second-order valence-corrected chi connectivity index (χ2v) is 5.28. The van der Waals surface area contributed by atoms with E-state index >= 15 is 0 Å². The molecule has 1 N–H and O–H groups in total. The third-order valence-electron chi connectivity index (χ3n) is 3.13. The van der Waals surface area contributed by atoms with Crippen molar-refractivity contribution in [3.63, 3.8) is 0 Å². The molecule has 20 heavy (non-hydrogen) atoms. The van der Waals surface area contributed by atoms with Gasteiger partial charge >= 0.3 is 5.97 Å². The van der Waals surface area contributed by atoms with Crippen LogP contribution < -0.4 is 0 Å². The van der Waals surface area contributed by atoms with Crippen LogP contribution in [-0.2, 0) is 11.2 Å². The van der Waals surface area contributed by atoms with E-state index in [1.807, 2.05) is 6.92 Å². The van der Waals surface area contributed by atoms with Crippen LogP contribution >= 0.6 is 11.3 Å². The van der Waals surface area contributed by atoms with Crippen LogP contribution in [-0.4, -0.2) is 20.5 Å². The van der Waals surface area contributed by atoms with Crippen molar-refractivity contribution in [2.24, 2.45) is 0 Å². The Bertz CT molecular complexity index is 807. The topological polar surface area (TPSA) is 54.6 Å². The normalized spacial score (nSPS) is 11.1. The van der Waals surface area contributed by atoms with Crippen molar-refractivity contribution in [2.45, 2.75) is 13.3 Å². The van der Waals surface area contributed by atoms with E-state index in [0.717, 1.165) is 5.69 Å². The molecule has 2 aromatic heterocycles. The van der Waals surface area contributed by atoms with Gasteiger partial charge in [-0.25, -0.2) is 9.37 Å². The number of carbonyl (C=O) groups is 1. The molecule has 102 valence electrons. The lowest BCUT2D eigenvalue weighted by Crippen LogP contribution is -2.03. The maximum atomic E-state index is 13.9. The highest BCUT2D eigenvalue weighted by Crippen LogP contribution is 2.29. The molecule has 2 heterocycles. The molecule has 0 unspecified atom stereocenters. The van der Waals surface area contributed by atoms with E-state index in [2.05, 4.69) is 4.98 Å². The zero-order valence-corrected chi connectivity index (χ0v) is 11.4. The molecule has 0 aliphatic carbocycles. The average molecular weight is 290 g/mol. The first-order valence-electron chi connectivity index (χ1n) is 6.00. The number of aryl methyl sites for hydroxylation is 1. The van der Waals surface area contributed by atoms with Crippen LogP contribution in [0.2, 0.25) is 0 Å². The summed E-state index contributed by atoms with van der Waals surface area (Å²) in [6, 6.07) is 6.44. The van der Waals surface area contributed by atoms with Gasteiger partial charge in [0.1, 0.15) is 5.82 Å². The molecule has 0 amide bonds. The first-order chi connectivity index (χ1) is 9.58. The minimum atomic E-state index is -0.898. The van der Waals surface area contributed by atoms with Crippen LogP contribution in [0.3, 0.4) is 0 Å². The Morgan fingerprint density at radius 3 is 2.90 bits per heavy atom. The molecular formula is C14H11FN2O2S. The Hall–Kier alpha value is -2.21. The van der Waals surface area contributed by atoms with E-state index in [9.17, 15) is 9.18 Å². The van der Waals surface area contributed by atoms with Crippen LogP contribution in [0.15, 0.2) is 29.6 Å². The van der Waals surface area contributed by atoms with Gasteiger partial charge in [0.15, 0.2) is 4.96 Å². The van der Waals surface area contributed by atoms with Gasteiger partial charge in [0.25, 0.3) is 0 Å². The third-order valence-corrected chi connectivity index (χ3v) is 4.00. The quantitative estimate of drug-likeness (QED) is 0.806. The number of imidazole rings is 1. The van der Waals surface area contributed by atoms with E-state index < -0.39 is 5.97 Å². The number of thiazole rings is 1. The van der Waals surface area contributed by atoms with Crippen molar-refractivity contribution in [1.82, 2.24) is 9.38 Å². The largest absolute Gasteiger partial charge is 0.481 e. The Labute approximate surface area is 118 Å². The number of hydrogen-bond donors (Lipinski definition) is 1. The van der Waals surface area contributed by atoms with Crippen LogP contribution in [0.1, 0.15) is 11.4 Å². The highest BCUT2D eigenvalue weighted by Gasteiger charge is 2.18. The molecule has 0 saturated heterocycles. The highest BCUT2D eigenvalue weighted by atomic mass is 32.1. The summed E-state index contributed by atoms with van der Waals surface area (Å²) in [4.78, 5) is 16.0. The molecule has 1 aromatic carbocycles. The summed E-state index contributed by atoms with van der Waals surface area (Å²) < 4.78 is 15.6. The predicted molar refractivity (Wildman–Crippen MR) is 74.5 cm³/mol. The molecule has 0 fully saturated rings. The van der Waals surface area contributed by atoms with Crippen molar-refractivity contribution >= 4 is 22.3 Å². The molecule has 0 saturated carbocycles. The number of nitrogens with zero attached hydrogens (tertiary/aromatic N) is 2. The average Bonchev–Trinajstić information content (AvgIpc) is 2.92. The van der Waals surface area contributed by atoms with Crippen LogP contribution in [0.5, 0.6) is 0 Å². The summed E-state index contributed by atoms with van der Waals surface area (Å²) in [5.41, 5.74) is 2.40. The smallest absolute Gasteiger partial charge is 0.309 e. The molecule has 3 rings (SSSR count). The van der Waals surface area contributed by atoms with Gasteiger partial charge in [-0.15, -0.1) is 11.3 Å². The van der Waals surface area contributed by atoms with E-state index in [1.165, 1.54) is 17.4 Å². The summed E-state index contributed by atoms with van der Waals surface area (Å²) in [6.45, 7) is 1.82. The number of aromatic nitrogens is 2. The Balaban J connectivity index is 2.20. The second-order valence-electron chi connectivity index (χ2n) is 4.44. The van der Waals surface area contributed by atoms with Gasteiger partial charge in [-0.3, -0.25) is 9.20 Å². The summed E-state index contributed by atoms with van der Waals surface area (Å²) in [5.74, 6) is -1.23. The highest BCUT2D eigenvalue weighted by molar-refractivity contribution is 7.15. The Morgan fingerprint density at radius 1 is 1.45 bits per heavy atom. The maximum Gasteiger partial charge on any atom is 0.309 e. The second kappa shape index (κ2) is 4.72. The predicted octanol–water partition coefficient (Wildman–Crippen LogP) is 3.14. The van der Waals surface area contributed by atoms with Crippen molar-refractivity contribution in [1.29, 1.82) is 0 Å². The van der Waals surface area contributed by atoms with Gasteiger partial charge in [-0.1, -0.05) is 12.1 Å². The summed E-state index contributed by atoms with van der Waals surface area (Å²) >= 11 is 1.36. The Kier molecular flexibility index (Phi) is 3.02. The SMILES string of the molecule is Cc1c(-c2ccccc2F)nc2scc(CC(=O)O)n12. The number of benzene rings is 1. The van der Waals surface area contributed by atoms with Gasteiger partial charge in [0.05, 0.1) is 12.1 Å². The molecule has 0 radical (unpaired) electrons. The zero-order chi connectivity index (χ0) is 14.3. The van der Waals surface area contributed by atoms with Crippen molar-refractivity contribution in [3.05, 3.63) is 46.9 Å². The number of rotatable bonds is 3. The van der Waals surface area contributed by atoms with Gasteiger partial charge < -0.3 is 5.11 Å². The van der Waals surface area contributed by atoms with Crippen molar-refractivity contribution in [2.75, 3.05) is 0 Å². The third kappa shape index (κ3) is 1.98. The number of carboxylic acids is 1. The molecule has 4 nitrogen and oxygen atoms in total. The van der Waals surface area contributed by atoms with Gasteiger partial charge in [0, 0.05) is 22.3 Å². The summed E-state index contributed by atoms with van der Waals surface area (Å²) in [6.07, 6.45) is -0.0755. The monoisotopic (exact) mass is 290 g/mol. The molecular weight excluding hydrogens is 279 g/mol.